The number of amides is 1. The van der Waals surface area contributed by atoms with Crippen molar-refractivity contribution in [3.8, 4) is 0 Å². The molecule has 2 N–H and O–H groups in total. The van der Waals surface area contributed by atoms with Gasteiger partial charge in [0, 0.05) is 19.5 Å². The number of alkyl halides is 3. The number of carbonyl (C=O) groups excluding carboxylic acids is 1. The first kappa shape index (κ1) is 20.1. The molecule has 0 saturated carbocycles. The van der Waals surface area contributed by atoms with Crippen LogP contribution in [0.25, 0.3) is 0 Å². The van der Waals surface area contributed by atoms with E-state index in [9.17, 15) is 28.2 Å². The Morgan fingerprint density at radius 2 is 1.89 bits per heavy atom. The summed E-state index contributed by atoms with van der Waals surface area (Å²) in [7, 11) is 0. The number of aliphatic hydroxyl groups is 2. The van der Waals surface area contributed by atoms with Crippen molar-refractivity contribution in [2.75, 3.05) is 19.7 Å². The molecule has 1 amide bonds. The fraction of sp³-hybridized carbons (Fsp3) is 0.632. The van der Waals surface area contributed by atoms with Crippen LogP contribution in [0.1, 0.15) is 37.3 Å². The van der Waals surface area contributed by atoms with Crippen LogP contribution in [0.5, 0.6) is 0 Å². The number of nitrogens with zero attached hydrogens (tertiary/aromatic N) is 1. The lowest BCUT2D eigenvalue weighted by Gasteiger charge is -2.51. The molecule has 2 fully saturated rings. The number of carbonyl (C=O) groups is 1. The molecule has 2 saturated heterocycles. The fourth-order valence-electron chi connectivity index (χ4n) is 4.02. The summed E-state index contributed by atoms with van der Waals surface area (Å²) in [6.45, 7) is 2.41. The number of benzene rings is 1. The Balaban J connectivity index is 1.66. The minimum absolute atomic E-state index is 0.0489. The smallest absolute Gasteiger partial charge is 0.387 e. The summed E-state index contributed by atoms with van der Waals surface area (Å²) in [5.41, 5.74) is -3.01. The molecule has 150 valence electrons. The molecule has 0 bridgehead atoms. The van der Waals surface area contributed by atoms with E-state index in [2.05, 4.69) is 0 Å². The Bertz CT molecular complexity index is 696. The van der Waals surface area contributed by atoms with Crippen LogP contribution in [-0.4, -0.2) is 58.0 Å². The molecule has 2 heterocycles. The van der Waals surface area contributed by atoms with Crippen molar-refractivity contribution in [3.63, 3.8) is 0 Å². The Labute approximate surface area is 155 Å². The third kappa shape index (κ3) is 3.97. The highest BCUT2D eigenvalue weighted by Crippen LogP contribution is 2.40. The van der Waals surface area contributed by atoms with E-state index in [1.54, 1.807) is 6.92 Å². The van der Waals surface area contributed by atoms with Crippen LogP contribution in [-0.2, 0) is 22.1 Å². The maximum absolute atomic E-state index is 13.1. The van der Waals surface area contributed by atoms with Crippen molar-refractivity contribution in [1.29, 1.82) is 0 Å². The predicted octanol–water partition coefficient (Wildman–Crippen LogP) is 2.14. The van der Waals surface area contributed by atoms with Gasteiger partial charge in [-0.2, -0.15) is 13.2 Å². The van der Waals surface area contributed by atoms with Crippen LogP contribution in [0, 0.1) is 0 Å². The number of ether oxygens (including phenoxy) is 1. The van der Waals surface area contributed by atoms with Gasteiger partial charge >= 0.3 is 6.18 Å². The number of hydrogen-bond acceptors (Lipinski definition) is 4. The average molecular weight is 387 g/mol. The minimum Gasteiger partial charge on any atom is -0.387 e. The van der Waals surface area contributed by atoms with Crippen molar-refractivity contribution in [3.05, 3.63) is 35.4 Å². The van der Waals surface area contributed by atoms with E-state index < -0.39 is 35.0 Å². The van der Waals surface area contributed by atoms with Crippen molar-refractivity contribution in [1.82, 2.24) is 4.90 Å². The number of rotatable bonds is 2. The predicted molar refractivity (Wildman–Crippen MR) is 90.9 cm³/mol. The summed E-state index contributed by atoms with van der Waals surface area (Å²) >= 11 is 0. The summed E-state index contributed by atoms with van der Waals surface area (Å²) in [4.78, 5) is 14.0. The first-order valence-corrected chi connectivity index (χ1v) is 9.02. The molecule has 5 nitrogen and oxygen atoms in total. The minimum atomic E-state index is -4.51. The Kier molecular flexibility index (Phi) is 5.26. The van der Waals surface area contributed by atoms with E-state index in [0.717, 1.165) is 6.07 Å². The monoisotopic (exact) mass is 387 g/mol. The molecule has 1 aromatic carbocycles. The van der Waals surface area contributed by atoms with Gasteiger partial charge in [-0.25, -0.2) is 0 Å². The first-order valence-electron chi connectivity index (χ1n) is 9.02. The lowest BCUT2D eigenvalue weighted by molar-refractivity contribution is -0.245. The number of aliphatic hydroxyl groups excluding tert-OH is 1. The summed E-state index contributed by atoms with van der Waals surface area (Å²) in [5.74, 6) is -0.390. The number of likely N-dealkylation sites (tertiary alicyclic amines) is 1. The van der Waals surface area contributed by atoms with E-state index in [4.69, 9.17) is 4.74 Å². The van der Waals surface area contributed by atoms with Gasteiger partial charge in [-0.1, -0.05) is 18.2 Å². The second kappa shape index (κ2) is 7.07. The molecule has 0 aliphatic carbocycles. The van der Waals surface area contributed by atoms with E-state index in [1.807, 2.05) is 0 Å². The van der Waals surface area contributed by atoms with Crippen LogP contribution in [0.2, 0.25) is 0 Å². The topological polar surface area (TPSA) is 70.0 Å². The van der Waals surface area contributed by atoms with Gasteiger partial charge in [-0.15, -0.1) is 0 Å². The molecule has 2 aliphatic rings. The lowest BCUT2D eigenvalue weighted by atomic mass is 9.75. The molecule has 2 atom stereocenters. The maximum Gasteiger partial charge on any atom is 0.416 e. The molecule has 0 radical (unpaired) electrons. The zero-order valence-electron chi connectivity index (χ0n) is 15.1. The molecule has 1 spiro atoms. The second-order valence-electron chi connectivity index (χ2n) is 7.64. The van der Waals surface area contributed by atoms with Gasteiger partial charge in [-0.05, 0) is 31.4 Å². The highest BCUT2D eigenvalue weighted by Gasteiger charge is 2.52. The van der Waals surface area contributed by atoms with Crippen LogP contribution < -0.4 is 0 Å². The van der Waals surface area contributed by atoms with Gasteiger partial charge in [0.05, 0.1) is 24.2 Å². The van der Waals surface area contributed by atoms with E-state index in [-0.39, 0.29) is 25.1 Å². The second-order valence-corrected chi connectivity index (χ2v) is 7.64. The number of halogens is 3. The molecule has 8 heteroatoms. The van der Waals surface area contributed by atoms with E-state index >= 15 is 0 Å². The lowest BCUT2D eigenvalue weighted by Crippen LogP contribution is -2.64. The van der Waals surface area contributed by atoms with Crippen LogP contribution in [0.3, 0.4) is 0 Å². The summed E-state index contributed by atoms with van der Waals surface area (Å²) in [6.07, 6.45) is -4.92. The molecule has 1 aromatic rings. The van der Waals surface area contributed by atoms with Gasteiger partial charge in [0.25, 0.3) is 0 Å². The van der Waals surface area contributed by atoms with Crippen LogP contribution in [0.4, 0.5) is 13.2 Å². The van der Waals surface area contributed by atoms with Crippen LogP contribution >= 0.6 is 0 Å². The molecular formula is C19H24F3NO4. The molecule has 2 aliphatic heterocycles. The normalized spacial score (nSPS) is 28.4. The standard InChI is InChI=1S/C19H24F3NO4/c1-17(26)8-11-27-18(16(17)25)6-9-23(10-7-18)15(24)12-13-4-2-3-5-14(13)19(20,21)22/h2-5,16,25-26H,6-12H2,1H3/t16-,17+/m0/s1. The molecule has 0 aromatic heterocycles. The Hall–Kier alpha value is -1.64. The van der Waals surface area contributed by atoms with Gasteiger partial charge < -0.3 is 19.8 Å². The van der Waals surface area contributed by atoms with Crippen molar-refractivity contribution in [2.24, 2.45) is 0 Å². The third-order valence-electron chi connectivity index (χ3n) is 5.71. The zero-order valence-corrected chi connectivity index (χ0v) is 15.1. The first-order chi connectivity index (χ1) is 12.6. The highest BCUT2D eigenvalue weighted by molar-refractivity contribution is 5.79. The van der Waals surface area contributed by atoms with E-state index in [0.29, 0.717) is 25.9 Å². The van der Waals surface area contributed by atoms with Gasteiger partial charge in [0.2, 0.25) is 5.91 Å². The molecule has 27 heavy (non-hydrogen) atoms. The average Bonchev–Trinajstić information content (AvgIpc) is 2.60. The summed E-state index contributed by atoms with van der Waals surface area (Å²) in [5, 5.41) is 20.8. The van der Waals surface area contributed by atoms with Gasteiger partial charge in [0.15, 0.2) is 0 Å². The van der Waals surface area contributed by atoms with E-state index in [1.165, 1.54) is 23.1 Å². The maximum atomic E-state index is 13.1. The number of piperidine rings is 1. The van der Waals surface area contributed by atoms with Crippen molar-refractivity contribution in [2.45, 2.75) is 56.1 Å². The Morgan fingerprint density at radius 3 is 2.52 bits per heavy atom. The fourth-order valence-corrected chi connectivity index (χ4v) is 4.02. The Morgan fingerprint density at radius 1 is 1.26 bits per heavy atom. The summed E-state index contributed by atoms with van der Waals surface area (Å²) < 4.78 is 45.1. The molecular weight excluding hydrogens is 363 g/mol. The third-order valence-corrected chi connectivity index (χ3v) is 5.71. The SMILES string of the molecule is C[C@@]1(O)CCOC2(CCN(C(=O)Cc3ccccc3C(F)(F)F)CC2)[C@H]1O. The van der Waals surface area contributed by atoms with Crippen LogP contribution in [0.15, 0.2) is 24.3 Å². The zero-order chi connectivity index (χ0) is 19.9. The van der Waals surface area contributed by atoms with Crippen molar-refractivity contribution < 1.29 is 32.9 Å². The van der Waals surface area contributed by atoms with Gasteiger partial charge in [0.1, 0.15) is 11.7 Å². The largest absolute Gasteiger partial charge is 0.416 e. The number of hydrogen-bond donors (Lipinski definition) is 2. The molecule has 3 rings (SSSR count). The highest BCUT2D eigenvalue weighted by atomic mass is 19.4. The van der Waals surface area contributed by atoms with Gasteiger partial charge in [-0.3, -0.25) is 4.79 Å². The quantitative estimate of drug-likeness (QED) is 0.816. The van der Waals surface area contributed by atoms with Crippen molar-refractivity contribution >= 4 is 5.91 Å². The molecule has 0 unspecified atom stereocenters. The summed E-state index contributed by atoms with van der Waals surface area (Å²) in [6, 6.07) is 5.08.